The van der Waals surface area contributed by atoms with Gasteiger partial charge in [0.05, 0.1) is 18.8 Å². The fraction of sp³-hybridized carbons (Fsp3) is 0.545. The van der Waals surface area contributed by atoms with Gasteiger partial charge in [-0.1, -0.05) is 101 Å². The largest absolute Gasteiger partial charge is 0.481 e. The molecule has 0 spiro atoms. The molecule has 220 valence electrons. The van der Waals surface area contributed by atoms with E-state index in [2.05, 4.69) is 18.3 Å². The number of unbranched alkanes of at least 4 members (excludes halogenated alkanes) is 9. The van der Waals surface area contributed by atoms with E-state index in [1.165, 1.54) is 75.1 Å². The van der Waals surface area contributed by atoms with Crippen LogP contribution in [0.15, 0.2) is 60.5 Å². The molecule has 1 heterocycles. The summed E-state index contributed by atoms with van der Waals surface area (Å²) < 4.78 is 0. The van der Waals surface area contributed by atoms with Gasteiger partial charge >= 0.3 is 11.9 Å². The molecule has 7 heteroatoms. The number of ketones is 1. The summed E-state index contributed by atoms with van der Waals surface area (Å²) in [5.74, 6) is -2.40. The van der Waals surface area contributed by atoms with Gasteiger partial charge in [0.25, 0.3) is 0 Å². The highest BCUT2D eigenvalue weighted by atomic mass is 32.2. The number of thioether (sulfide) groups is 1. The summed E-state index contributed by atoms with van der Waals surface area (Å²) >= 11 is 1.47. The van der Waals surface area contributed by atoms with Crippen molar-refractivity contribution >= 4 is 29.5 Å². The Balaban J connectivity index is 1.91. The SMILES string of the molecule is CCCCCCCCCCCCc1ccccc1C(CC(=O)O)SCCC(=O)C(CC(=O)O)C1=CC=CC=CN1. The highest BCUT2D eigenvalue weighted by Crippen LogP contribution is 2.36. The number of carboxylic acids is 2. The number of rotatable bonds is 22. The minimum absolute atomic E-state index is 0.0191. The first-order chi connectivity index (χ1) is 19.4. The first kappa shape index (κ1) is 33.4. The lowest BCUT2D eigenvalue weighted by Gasteiger charge is -2.20. The smallest absolute Gasteiger partial charge is 0.304 e. The monoisotopic (exact) mass is 569 g/mol. The van der Waals surface area contributed by atoms with Gasteiger partial charge in [0, 0.05) is 29.3 Å². The van der Waals surface area contributed by atoms with Crippen molar-refractivity contribution in [2.24, 2.45) is 5.92 Å². The second-order valence-electron chi connectivity index (χ2n) is 10.5. The van der Waals surface area contributed by atoms with E-state index in [-0.39, 0.29) is 30.3 Å². The molecule has 0 amide bonds. The van der Waals surface area contributed by atoms with Gasteiger partial charge in [-0.2, -0.15) is 11.8 Å². The molecule has 0 saturated heterocycles. The normalized spacial score (nSPS) is 14.2. The number of benzene rings is 1. The number of carbonyl (C=O) groups excluding carboxylic acids is 1. The van der Waals surface area contributed by atoms with Crippen LogP contribution in [-0.2, 0) is 20.8 Å². The van der Waals surface area contributed by atoms with Crippen LogP contribution in [-0.4, -0.2) is 33.7 Å². The Morgan fingerprint density at radius 3 is 2.15 bits per heavy atom. The number of carbonyl (C=O) groups is 3. The standard InChI is InChI=1S/C33H47NO5S/c1-2-3-4-5-6-7-8-9-10-12-17-26-18-14-15-19-27(26)31(25-33(38)39)40-23-21-30(35)28(24-32(36)37)29-20-13-11-16-22-34-29/h11,13-16,18-20,22,28,31,34H,2-10,12,17,21,23-25H2,1H3,(H,36,37)(H,38,39). The molecule has 2 atom stereocenters. The van der Waals surface area contributed by atoms with Gasteiger partial charge < -0.3 is 15.5 Å². The van der Waals surface area contributed by atoms with E-state index in [9.17, 15) is 24.6 Å². The molecule has 0 saturated carbocycles. The Kier molecular flexibility index (Phi) is 16.8. The minimum Gasteiger partial charge on any atom is -0.481 e. The molecule has 3 N–H and O–H groups in total. The molecule has 40 heavy (non-hydrogen) atoms. The van der Waals surface area contributed by atoms with Crippen molar-refractivity contribution in [2.45, 2.75) is 102 Å². The van der Waals surface area contributed by atoms with Gasteiger partial charge in [0.1, 0.15) is 5.78 Å². The summed E-state index contributed by atoms with van der Waals surface area (Å²) in [5.41, 5.74) is 2.78. The van der Waals surface area contributed by atoms with Crippen LogP contribution in [0.4, 0.5) is 0 Å². The van der Waals surface area contributed by atoms with Gasteiger partial charge in [-0.3, -0.25) is 14.4 Å². The molecule has 1 aromatic rings. The Hall–Kier alpha value is -2.80. The summed E-state index contributed by atoms with van der Waals surface area (Å²) in [6.45, 7) is 2.24. The summed E-state index contributed by atoms with van der Waals surface area (Å²) in [6, 6.07) is 8.07. The van der Waals surface area contributed by atoms with Crippen LogP contribution in [0.5, 0.6) is 0 Å². The van der Waals surface area contributed by atoms with Gasteiger partial charge in [-0.25, -0.2) is 0 Å². The Bertz CT molecular complexity index is 1020. The van der Waals surface area contributed by atoms with E-state index in [4.69, 9.17) is 0 Å². The van der Waals surface area contributed by atoms with E-state index in [0.29, 0.717) is 11.4 Å². The maximum absolute atomic E-state index is 13.1. The van der Waals surface area contributed by atoms with Crippen LogP contribution in [0.3, 0.4) is 0 Å². The number of hydrogen-bond acceptors (Lipinski definition) is 5. The van der Waals surface area contributed by atoms with Crippen molar-refractivity contribution in [1.82, 2.24) is 5.32 Å². The molecule has 0 radical (unpaired) electrons. The fourth-order valence-electron chi connectivity index (χ4n) is 5.03. The first-order valence-electron chi connectivity index (χ1n) is 14.9. The zero-order valence-electron chi connectivity index (χ0n) is 24.0. The van der Waals surface area contributed by atoms with Gasteiger partial charge in [-0.05, 0) is 36.1 Å². The number of allylic oxidation sites excluding steroid dienone is 5. The second-order valence-corrected chi connectivity index (χ2v) is 11.8. The summed E-state index contributed by atoms with van der Waals surface area (Å²) in [5, 5.41) is 21.8. The van der Waals surface area contributed by atoms with Crippen molar-refractivity contribution in [3.05, 3.63) is 71.6 Å². The van der Waals surface area contributed by atoms with Crippen molar-refractivity contribution in [2.75, 3.05) is 5.75 Å². The van der Waals surface area contributed by atoms with E-state index in [1.807, 2.05) is 24.3 Å². The van der Waals surface area contributed by atoms with Crippen molar-refractivity contribution in [3.8, 4) is 0 Å². The molecule has 2 rings (SSSR count). The van der Waals surface area contributed by atoms with Crippen LogP contribution in [0.1, 0.15) is 107 Å². The van der Waals surface area contributed by atoms with E-state index >= 15 is 0 Å². The zero-order chi connectivity index (χ0) is 29.0. The number of nitrogens with one attached hydrogen (secondary N) is 1. The molecular weight excluding hydrogens is 522 g/mol. The Morgan fingerprint density at radius 2 is 1.48 bits per heavy atom. The fourth-order valence-corrected chi connectivity index (χ4v) is 6.31. The van der Waals surface area contributed by atoms with Gasteiger partial charge in [0.2, 0.25) is 0 Å². The average Bonchev–Trinajstić information content (AvgIpc) is 3.21. The molecule has 0 aromatic heterocycles. The third-order valence-electron chi connectivity index (χ3n) is 7.22. The molecule has 2 unspecified atom stereocenters. The Morgan fingerprint density at radius 1 is 0.825 bits per heavy atom. The first-order valence-corrected chi connectivity index (χ1v) is 15.9. The van der Waals surface area contributed by atoms with Crippen molar-refractivity contribution in [3.63, 3.8) is 0 Å². The molecule has 1 aliphatic heterocycles. The third kappa shape index (κ3) is 13.5. The third-order valence-corrected chi connectivity index (χ3v) is 8.48. The number of Topliss-reactive ketones (excluding diaryl/α,β-unsaturated/α-hetero) is 1. The summed E-state index contributed by atoms with van der Waals surface area (Å²) in [4.78, 5) is 36.3. The lowest BCUT2D eigenvalue weighted by atomic mass is 9.94. The second kappa shape index (κ2) is 20.1. The molecule has 0 fully saturated rings. The maximum atomic E-state index is 13.1. The number of aryl methyl sites for hydroxylation is 1. The molecule has 0 aliphatic carbocycles. The van der Waals surface area contributed by atoms with Crippen LogP contribution in [0, 0.1) is 5.92 Å². The quantitative estimate of drug-likeness (QED) is 0.122. The average molecular weight is 570 g/mol. The lowest BCUT2D eigenvalue weighted by Crippen LogP contribution is -2.26. The molecule has 1 aliphatic rings. The molecule has 6 nitrogen and oxygen atoms in total. The minimum atomic E-state index is -1.03. The zero-order valence-corrected chi connectivity index (χ0v) is 24.8. The van der Waals surface area contributed by atoms with Gasteiger partial charge in [-0.15, -0.1) is 0 Å². The number of hydrogen-bond donors (Lipinski definition) is 3. The maximum Gasteiger partial charge on any atom is 0.304 e. The van der Waals surface area contributed by atoms with Crippen LogP contribution >= 0.6 is 11.8 Å². The van der Waals surface area contributed by atoms with Crippen molar-refractivity contribution < 1.29 is 24.6 Å². The topological polar surface area (TPSA) is 104 Å². The highest BCUT2D eigenvalue weighted by Gasteiger charge is 2.26. The molecular formula is C33H47NO5S. The van der Waals surface area contributed by atoms with Crippen molar-refractivity contribution in [1.29, 1.82) is 0 Å². The lowest BCUT2D eigenvalue weighted by molar-refractivity contribution is -0.140. The summed E-state index contributed by atoms with van der Waals surface area (Å²) in [7, 11) is 0. The number of carboxylic acid groups (broad SMARTS) is 2. The number of aliphatic carboxylic acids is 2. The molecule has 0 bridgehead atoms. The highest BCUT2D eigenvalue weighted by molar-refractivity contribution is 7.99. The van der Waals surface area contributed by atoms with Crippen LogP contribution < -0.4 is 5.32 Å². The van der Waals surface area contributed by atoms with Crippen LogP contribution in [0.25, 0.3) is 0 Å². The summed E-state index contributed by atoms with van der Waals surface area (Å²) in [6.07, 6.45) is 22.3. The van der Waals surface area contributed by atoms with E-state index in [1.54, 1.807) is 24.4 Å². The predicted octanol–water partition coefficient (Wildman–Crippen LogP) is 8.01. The Labute approximate surface area is 244 Å². The van der Waals surface area contributed by atoms with Gasteiger partial charge in [0.15, 0.2) is 0 Å². The van der Waals surface area contributed by atoms with Crippen LogP contribution in [0.2, 0.25) is 0 Å². The van der Waals surface area contributed by atoms with E-state index in [0.717, 1.165) is 18.4 Å². The van der Waals surface area contributed by atoms with E-state index < -0.39 is 17.9 Å². The molecule has 1 aromatic carbocycles. The predicted molar refractivity (Wildman–Crippen MR) is 164 cm³/mol.